The number of esters is 1. The molecule has 1 aromatic rings. The Labute approximate surface area is 115 Å². The number of carbonyl (C=O) groups is 1. The zero-order chi connectivity index (χ0) is 14.4. The van der Waals surface area contributed by atoms with Gasteiger partial charge in [-0.3, -0.25) is 0 Å². The first-order valence-corrected chi connectivity index (χ1v) is 6.85. The van der Waals surface area contributed by atoms with Gasteiger partial charge in [-0.25, -0.2) is 4.79 Å². The fourth-order valence-electron chi connectivity index (χ4n) is 1.90. The zero-order valence-corrected chi connectivity index (χ0v) is 12.6. The van der Waals surface area contributed by atoms with Crippen LogP contribution in [0.4, 0.5) is 0 Å². The van der Waals surface area contributed by atoms with Crippen LogP contribution in [0.2, 0.25) is 0 Å². The Morgan fingerprint density at radius 3 is 2.63 bits per heavy atom. The first kappa shape index (κ1) is 15.8. The van der Waals surface area contributed by atoms with Crippen LogP contribution in [0.1, 0.15) is 55.5 Å². The SMILES string of the molecule is COC(=O)c1cc(CNC(C)CCC(C)C)oc1C. The number of ether oxygens (including phenoxy) is 1. The highest BCUT2D eigenvalue weighted by atomic mass is 16.5. The maximum absolute atomic E-state index is 11.5. The van der Waals surface area contributed by atoms with E-state index >= 15 is 0 Å². The lowest BCUT2D eigenvalue weighted by Gasteiger charge is -2.13. The predicted molar refractivity (Wildman–Crippen MR) is 75.2 cm³/mol. The van der Waals surface area contributed by atoms with Gasteiger partial charge >= 0.3 is 5.97 Å². The Hall–Kier alpha value is -1.29. The molecule has 0 bridgehead atoms. The van der Waals surface area contributed by atoms with Crippen molar-refractivity contribution in [3.63, 3.8) is 0 Å². The Kier molecular flexibility index (Phi) is 6.09. The first-order chi connectivity index (χ1) is 8.93. The summed E-state index contributed by atoms with van der Waals surface area (Å²) in [4.78, 5) is 11.5. The highest BCUT2D eigenvalue weighted by molar-refractivity contribution is 5.90. The molecule has 19 heavy (non-hydrogen) atoms. The number of hydrogen-bond donors (Lipinski definition) is 1. The number of aryl methyl sites for hydroxylation is 1. The topological polar surface area (TPSA) is 51.5 Å². The van der Waals surface area contributed by atoms with Crippen molar-refractivity contribution in [1.29, 1.82) is 0 Å². The summed E-state index contributed by atoms with van der Waals surface area (Å²) in [6.45, 7) is 9.03. The lowest BCUT2D eigenvalue weighted by molar-refractivity contribution is 0.0599. The minimum absolute atomic E-state index is 0.347. The molecule has 0 radical (unpaired) electrons. The molecule has 0 aromatic carbocycles. The van der Waals surface area contributed by atoms with Crippen LogP contribution in [0.25, 0.3) is 0 Å². The number of carbonyl (C=O) groups excluding carboxylic acids is 1. The molecule has 1 N–H and O–H groups in total. The molecule has 1 aromatic heterocycles. The summed E-state index contributed by atoms with van der Waals surface area (Å²) in [5.74, 6) is 1.76. The quantitative estimate of drug-likeness (QED) is 0.770. The van der Waals surface area contributed by atoms with E-state index in [4.69, 9.17) is 9.15 Å². The van der Waals surface area contributed by atoms with Crippen molar-refractivity contribution in [3.8, 4) is 0 Å². The van der Waals surface area contributed by atoms with Crippen LogP contribution in [0.5, 0.6) is 0 Å². The number of methoxy groups -OCH3 is 1. The van der Waals surface area contributed by atoms with E-state index in [-0.39, 0.29) is 5.97 Å². The summed E-state index contributed by atoms with van der Waals surface area (Å²) in [7, 11) is 1.38. The fourth-order valence-corrected chi connectivity index (χ4v) is 1.90. The van der Waals surface area contributed by atoms with Crippen LogP contribution >= 0.6 is 0 Å². The molecule has 1 atom stereocenters. The minimum atomic E-state index is -0.347. The molecule has 1 unspecified atom stereocenters. The third-order valence-corrected chi connectivity index (χ3v) is 3.18. The number of hydrogen-bond acceptors (Lipinski definition) is 4. The van der Waals surface area contributed by atoms with E-state index in [1.165, 1.54) is 13.5 Å². The molecule has 0 aliphatic rings. The maximum atomic E-state index is 11.5. The molecule has 0 fully saturated rings. The Bertz CT molecular complexity index is 410. The van der Waals surface area contributed by atoms with Gasteiger partial charge in [-0.2, -0.15) is 0 Å². The predicted octanol–water partition coefficient (Wildman–Crippen LogP) is 3.29. The number of furan rings is 1. The molecule has 0 saturated heterocycles. The van der Waals surface area contributed by atoms with Crippen LogP contribution in [-0.4, -0.2) is 19.1 Å². The summed E-state index contributed by atoms with van der Waals surface area (Å²) >= 11 is 0. The normalized spacial score (nSPS) is 12.7. The standard InChI is InChI=1S/C15H25NO3/c1-10(2)6-7-11(3)16-9-13-8-14(12(4)19-13)15(17)18-5/h8,10-11,16H,6-7,9H2,1-5H3. The van der Waals surface area contributed by atoms with Gasteiger partial charge in [0, 0.05) is 6.04 Å². The number of rotatable bonds is 7. The molecule has 0 aliphatic heterocycles. The average Bonchev–Trinajstić information content (AvgIpc) is 2.74. The van der Waals surface area contributed by atoms with Gasteiger partial charge in [0.2, 0.25) is 0 Å². The van der Waals surface area contributed by atoms with E-state index in [1.54, 1.807) is 13.0 Å². The van der Waals surface area contributed by atoms with Gasteiger partial charge < -0.3 is 14.5 Å². The number of nitrogens with one attached hydrogen (secondary N) is 1. The fraction of sp³-hybridized carbons (Fsp3) is 0.667. The highest BCUT2D eigenvalue weighted by Gasteiger charge is 2.15. The molecular weight excluding hydrogens is 242 g/mol. The molecule has 0 spiro atoms. The Balaban J connectivity index is 2.47. The van der Waals surface area contributed by atoms with Crippen LogP contribution in [0.15, 0.2) is 10.5 Å². The minimum Gasteiger partial charge on any atom is -0.465 e. The molecule has 0 amide bonds. The van der Waals surface area contributed by atoms with Crippen molar-refractivity contribution in [1.82, 2.24) is 5.32 Å². The van der Waals surface area contributed by atoms with E-state index in [2.05, 4.69) is 26.1 Å². The summed E-state index contributed by atoms with van der Waals surface area (Å²) in [5.41, 5.74) is 0.508. The maximum Gasteiger partial charge on any atom is 0.341 e. The van der Waals surface area contributed by atoms with Gasteiger partial charge in [-0.1, -0.05) is 13.8 Å². The van der Waals surface area contributed by atoms with Crippen molar-refractivity contribution in [2.75, 3.05) is 7.11 Å². The Morgan fingerprint density at radius 2 is 2.05 bits per heavy atom. The molecule has 4 nitrogen and oxygen atoms in total. The van der Waals surface area contributed by atoms with E-state index in [0.29, 0.717) is 23.9 Å². The molecule has 0 aliphatic carbocycles. The van der Waals surface area contributed by atoms with Crippen LogP contribution < -0.4 is 5.32 Å². The third kappa shape index (κ3) is 5.07. The summed E-state index contributed by atoms with van der Waals surface area (Å²) in [5, 5.41) is 3.41. The van der Waals surface area contributed by atoms with Crippen molar-refractivity contribution < 1.29 is 13.9 Å². The van der Waals surface area contributed by atoms with E-state index in [0.717, 1.165) is 18.1 Å². The van der Waals surface area contributed by atoms with Crippen LogP contribution in [0.3, 0.4) is 0 Å². The molecular formula is C15H25NO3. The third-order valence-electron chi connectivity index (χ3n) is 3.18. The molecule has 1 rings (SSSR count). The lowest BCUT2D eigenvalue weighted by atomic mass is 10.0. The summed E-state index contributed by atoms with van der Waals surface area (Å²) in [6, 6.07) is 2.19. The van der Waals surface area contributed by atoms with Gasteiger partial charge in [-0.05, 0) is 38.7 Å². The highest BCUT2D eigenvalue weighted by Crippen LogP contribution is 2.16. The molecule has 4 heteroatoms. The van der Waals surface area contributed by atoms with Crippen LogP contribution in [-0.2, 0) is 11.3 Å². The van der Waals surface area contributed by atoms with Gasteiger partial charge in [0.15, 0.2) is 0 Å². The van der Waals surface area contributed by atoms with Crippen molar-refractivity contribution in [2.24, 2.45) is 5.92 Å². The van der Waals surface area contributed by atoms with E-state index in [9.17, 15) is 4.79 Å². The van der Waals surface area contributed by atoms with E-state index < -0.39 is 0 Å². The second-order valence-corrected chi connectivity index (χ2v) is 5.43. The molecule has 1 heterocycles. The van der Waals surface area contributed by atoms with E-state index in [1.807, 2.05) is 0 Å². The van der Waals surface area contributed by atoms with Gasteiger partial charge in [-0.15, -0.1) is 0 Å². The smallest absolute Gasteiger partial charge is 0.341 e. The monoisotopic (exact) mass is 267 g/mol. The zero-order valence-electron chi connectivity index (χ0n) is 12.6. The summed E-state index contributed by atoms with van der Waals surface area (Å²) in [6.07, 6.45) is 2.35. The van der Waals surface area contributed by atoms with Crippen molar-refractivity contribution in [2.45, 2.75) is 53.1 Å². The lowest BCUT2D eigenvalue weighted by Crippen LogP contribution is -2.25. The average molecular weight is 267 g/mol. The van der Waals surface area contributed by atoms with Gasteiger partial charge in [0.05, 0.1) is 13.7 Å². The molecule has 0 saturated carbocycles. The second kappa shape index (κ2) is 7.34. The second-order valence-electron chi connectivity index (χ2n) is 5.43. The van der Waals surface area contributed by atoms with Gasteiger partial charge in [0.25, 0.3) is 0 Å². The summed E-state index contributed by atoms with van der Waals surface area (Å²) < 4.78 is 10.3. The van der Waals surface area contributed by atoms with Crippen LogP contribution in [0, 0.1) is 12.8 Å². The Morgan fingerprint density at radius 1 is 1.37 bits per heavy atom. The van der Waals surface area contributed by atoms with Crippen molar-refractivity contribution >= 4 is 5.97 Å². The molecule has 108 valence electrons. The van der Waals surface area contributed by atoms with Crippen molar-refractivity contribution in [3.05, 3.63) is 23.2 Å². The van der Waals surface area contributed by atoms with Gasteiger partial charge in [0.1, 0.15) is 17.1 Å². The first-order valence-electron chi connectivity index (χ1n) is 6.85. The largest absolute Gasteiger partial charge is 0.465 e.